The number of carbonyl (C=O) groups is 1. The molecule has 2 heteroatoms. The molecule has 18 heavy (non-hydrogen) atoms. The van der Waals surface area contributed by atoms with E-state index in [9.17, 15) is 4.79 Å². The highest BCUT2D eigenvalue weighted by atomic mass is 16.6. The van der Waals surface area contributed by atoms with Crippen molar-refractivity contribution in [2.75, 3.05) is 0 Å². The highest BCUT2D eigenvalue weighted by molar-refractivity contribution is 5.76. The van der Waals surface area contributed by atoms with E-state index in [-0.39, 0.29) is 17.0 Å². The Hall–Kier alpha value is -0.530. The van der Waals surface area contributed by atoms with Crippen LogP contribution in [0.2, 0.25) is 0 Å². The molecule has 0 bridgehead atoms. The van der Waals surface area contributed by atoms with Gasteiger partial charge in [0.1, 0.15) is 5.60 Å². The predicted molar refractivity (Wildman–Crippen MR) is 75.4 cm³/mol. The molecule has 1 atom stereocenters. The summed E-state index contributed by atoms with van der Waals surface area (Å²) < 4.78 is 6.03. The van der Waals surface area contributed by atoms with Crippen LogP contribution in [-0.2, 0) is 9.53 Å². The Labute approximate surface area is 112 Å². The molecule has 0 aromatic heterocycles. The van der Waals surface area contributed by atoms with E-state index in [4.69, 9.17) is 4.74 Å². The lowest BCUT2D eigenvalue weighted by molar-refractivity contribution is -0.177. The highest BCUT2D eigenvalue weighted by Crippen LogP contribution is 2.42. The second kappa shape index (κ2) is 6.08. The average Bonchev–Trinajstić information content (AvgIpc) is 2.79. The van der Waals surface area contributed by atoms with Gasteiger partial charge < -0.3 is 4.74 Å². The summed E-state index contributed by atoms with van der Waals surface area (Å²) in [5.41, 5.74) is -0.472. The standard InChI is InChI=1S/C16H30O2/c1-6-10-15(5,7-2)14(17)18-16(13(3)4)11-8-9-12-16/h13H,6-12H2,1-5H3. The molecule has 106 valence electrons. The van der Waals surface area contributed by atoms with Crippen LogP contribution in [0, 0.1) is 11.3 Å². The van der Waals surface area contributed by atoms with E-state index in [1.165, 1.54) is 12.8 Å². The molecule has 1 aliphatic carbocycles. The van der Waals surface area contributed by atoms with Crippen LogP contribution >= 0.6 is 0 Å². The highest BCUT2D eigenvalue weighted by Gasteiger charge is 2.44. The average molecular weight is 254 g/mol. The van der Waals surface area contributed by atoms with Gasteiger partial charge in [0.05, 0.1) is 5.41 Å². The number of rotatable bonds is 6. The maximum absolute atomic E-state index is 12.5. The van der Waals surface area contributed by atoms with Crippen molar-refractivity contribution in [3.05, 3.63) is 0 Å². The molecule has 0 aromatic rings. The van der Waals surface area contributed by atoms with Gasteiger partial charge in [-0.1, -0.05) is 34.1 Å². The summed E-state index contributed by atoms with van der Waals surface area (Å²) >= 11 is 0. The third-order valence-corrected chi connectivity index (χ3v) is 4.87. The molecule has 1 fully saturated rings. The van der Waals surface area contributed by atoms with Gasteiger partial charge >= 0.3 is 5.97 Å². The molecule has 1 rings (SSSR count). The third kappa shape index (κ3) is 3.07. The summed E-state index contributed by atoms with van der Waals surface area (Å²) in [6.07, 6.45) is 7.31. The number of ether oxygens (including phenoxy) is 1. The third-order valence-electron chi connectivity index (χ3n) is 4.87. The molecule has 0 spiro atoms. The Kier molecular flexibility index (Phi) is 5.24. The molecule has 1 unspecified atom stereocenters. The summed E-state index contributed by atoms with van der Waals surface area (Å²) in [4.78, 5) is 12.5. The van der Waals surface area contributed by atoms with Gasteiger partial charge in [-0.2, -0.15) is 0 Å². The van der Waals surface area contributed by atoms with Crippen molar-refractivity contribution in [3.63, 3.8) is 0 Å². The van der Waals surface area contributed by atoms with Crippen molar-refractivity contribution in [2.24, 2.45) is 11.3 Å². The van der Waals surface area contributed by atoms with Crippen LogP contribution in [0.3, 0.4) is 0 Å². The van der Waals surface area contributed by atoms with Crippen LogP contribution < -0.4 is 0 Å². The van der Waals surface area contributed by atoms with Crippen LogP contribution in [0.4, 0.5) is 0 Å². The fourth-order valence-corrected chi connectivity index (χ4v) is 3.05. The first-order chi connectivity index (χ1) is 8.40. The fourth-order valence-electron chi connectivity index (χ4n) is 3.05. The number of carbonyl (C=O) groups excluding carboxylic acids is 1. The van der Waals surface area contributed by atoms with Crippen molar-refractivity contribution in [2.45, 2.75) is 85.2 Å². The quantitative estimate of drug-likeness (QED) is 0.641. The summed E-state index contributed by atoms with van der Waals surface area (Å²) in [5, 5.41) is 0. The smallest absolute Gasteiger partial charge is 0.312 e. The number of hydrogen-bond donors (Lipinski definition) is 0. The molecule has 0 amide bonds. The van der Waals surface area contributed by atoms with Crippen LogP contribution in [0.15, 0.2) is 0 Å². The molecule has 0 N–H and O–H groups in total. The summed E-state index contributed by atoms with van der Waals surface area (Å²) in [5.74, 6) is 0.453. The van der Waals surface area contributed by atoms with Gasteiger partial charge in [-0.15, -0.1) is 0 Å². The van der Waals surface area contributed by atoms with E-state index in [0.29, 0.717) is 5.92 Å². The van der Waals surface area contributed by atoms with Crippen molar-refractivity contribution in [1.82, 2.24) is 0 Å². The molecule has 0 aromatic carbocycles. The van der Waals surface area contributed by atoms with Gasteiger partial charge in [-0.25, -0.2) is 0 Å². The van der Waals surface area contributed by atoms with E-state index in [1.54, 1.807) is 0 Å². The maximum Gasteiger partial charge on any atom is 0.312 e. The number of hydrogen-bond acceptors (Lipinski definition) is 2. The second-order valence-corrected chi connectivity index (χ2v) is 6.48. The Balaban J connectivity index is 2.78. The lowest BCUT2D eigenvalue weighted by Crippen LogP contribution is -2.42. The largest absolute Gasteiger partial charge is 0.458 e. The first-order valence-corrected chi connectivity index (χ1v) is 7.63. The van der Waals surface area contributed by atoms with Gasteiger partial charge in [0.2, 0.25) is 0 Å². The van der Waals surface area contributed by atoms with Crippen molar-refractivity contribution >= 4 is 5.97 Å². The molecule has 0 aliphatic heterocycles. The van der Waals surface area contributed by atoms with Crippen LogP contribution in [0.5, 0.6) is 0 Å². The molecule has 0 saturated heterocycles. The zero-order valence-electron chi connectivity index (χ0n) is 12.8. The number of esters is 1. The normalized spacial score (nSPS) is 21.9. The van der Waals surface area contributed by atoms with Crippen LogP contribution in [0.1, 0.15) is 79.6 Å². The zero-order valence-corrected chi connectivity index (χ0v) is 12.8. The Morgan fingerprint density at radius 2 is 1.83 bits per heavy atom. The second-order valence-electron chi connectivity index (χ2n) is 6.48. The maximum atomic E-state index is 12.5. The lowest BCUT2D eigenvalue weighted by Gasteiger charge is -2.37. The molecule has 0 radical (unpaired) electrons. The van der Waals surface area contributed by atoms with Crippen molar-refractivity contribution < 1.29 is 9.53 Å². The summed E-state index contributed by atoms with van der Waals surface area (Å²) in [7, 11) is 0. The van der Waals surface area contributed by atoms with E-state index in [1.807, 2.05) is 0 Å². The Morgan fingerprint density at radius 1 is 1.28 bits per heavy atom. The summed E-state index contributed by atoms with van der Waals surface area (Å²) in [6, 6.07) is 0. The van der Waals surface area contributed by atoms with E-state index >= 15 is 0 Å². The van der Waals surface area contributed by atoms with Crippen LogP contribution in [-0.4, -0.2) is 11.6 Å². The fraction of sp³-hybridized carbons (Fsp3) is 0.938. The first-order valence-electron chi connectivity index (χ1n) is 7.63. The monoisotopic (exact) mass is 254 g/mol. The van der Waals surface area contributed by atoms with Gasteiger partial charge in [0.25, 0.3) is 0 Å². The van der Waals surface area contributed by atoms with Crippen molar-refractivity contribution in [1.29, 1.82) is 0 Å². The van der Waals surface area contributed by atoms with Gasteiger partial charge in [-0.05, 0) is 51.4 Å². The Morgan fingerprint density at radius 3 is 2.22 bits per heavy atom. The van der Waals surface area contributed by atoms with Gasteiger partial charge in [0, 0.05) is 0 Å². The minimum atomic E-state index is -0.292. The van der Waals surface area contributed by atoms with E-state index in [2.05, 4.69) is 34.6 Å². The van der Waals surface area contributed by atoms with E-state index < -0.39 is 0 Å². The lowest BCUT2D eigenvalue weighted by atomic mass is 9.82. The minimum absolute atomic E-state index is 0.0300. The van der Waals surface area contributed by atoms with Gasteiger partial charge in [-0.3, -0.25) is 4.79 Å². The predicted octanol–water partition coefficient (Wildman–Crippen LogP) is 4.71. The molecule has 0 heterocycles. The van der Waals surface area contributed by atoms with Crippen molar-refractivity contribution in [3.8, 4) is 0 Å². The zero-order chi connectivity index (χ0) is 13.8. The minimum Gasteiger partial charge on any atom is -0.458 e. The Bertz CT molecular complexity index is 277. The van der Waals surface area contributed by atoms with Crippen LogP contribution in [0.25, 0.3) is 0 Å². The molecular formula is C16H30O2. The van der Waals surface area contributed by atoms with Gasteiger partial charge in [0.15, 0.2) is 0 Å². The molecule has 1 aliphatic rings. The molecule has 1 saturated carbocycles. The molecular weight excluding hydrogens is 224 g/mol. The van der Waals surface area contributed by atoms with E-state index in [0.717, 1.165) is 32.1 Å². The topological polar surface area (TPSA) is 26.3 Å². The summed E-state index contributed by atoms with van der Waals surface area (Å²) in [6.45, 7) is 10.6. The molecule has 2 nitrogen and oxygen atoms in total. The first kappa shape index (κ1) is 15.5. The SMILES string of the molecule is CCCC(C)(CC)C(=O)OC1(C(C)C)CCCC1.